The first-order valence-electron chi connectivity index (χ1n) is 9.94. The maximum Gasteiger partial charge on any atom is 0.339 e. The number of carbonyl (C=O) groups excluding carboxylic acids is 1. The highest BCUT2D eigenvalue weighted by Crippen LogP contribution is 2.45. The van der Waals surface area contributed by atoms with E-state index in [2.05, 4.69) is 0 Å². The molecule has 3 rings (SSSR count). The molecule has 0 spiro atoms. The molecular weight excluding hydrogens is 446 g/mol. The second-order valence-electron chi connectivity index (χ2n) is 7.04. The van der Waals surface area contributed by atoms with Crippen LogP contribution in [0.25, 0.3) is 0 Å². The van der Waals surface area contributed by atoms with E-state index in [9.17, 15) is 19.8 Å². The van der Waals surface area contributed by atoms with Crippen LogP contribution in [0, 0.1) is 0 Å². The third kappa shape index (κ3) is 6.41. The van der Waals surface area contributed by atoms with E-state index in [1.807, 2.05) is 36.4 Å². The van der Waals surface area contributed by atoms with Gasteiger partial charge < -0.3 is 30.5 Å². The number of phenolic OH excluding ortho intramolecular Hbond substituents is 2. The number of esters is 1. The average molecular weight is 470 g/mol. The molecule has 9 heteroatoms. The molecule has 0 bridgehead atoms. The summed E-state index contributed by atoms with van der Waals surface area (Å²) in [6.45, 7) is 0.0724. The van der Waals surface area contributed by atoms with Gasteiger partial charge in [0.2, 0.25) is 5.75 Å². The lowest BCUT2D eigenvalue weighted by molar-refractivity contribution is -0.137. The van der Waals surface area contributed by atoms with Gasteiger partial charge >= 0.3 is 11.9 Å². The van der Waals surface area contributed by atoms with Crippen molar-refractivity contribution in [2.75, 3.05) is 5.75 Å². The van der Waals surface area contributed by atoms with Crippen molar-refractivity contribution < 1.29 is 34.4 Å². The Labute approximate surface area is 194 Å². The summed E-state index contributed by atoms with van der Waals surface area (Å²) in [7, 11) is 0. The van der Waals surface area contributed by atoms with Crippen LogP contribution in [0.5, 0.6) is 17.2 Å². The number of hydrogen-bond acceptors (Lipinski definition) is 8. The summed E-state index contributed by atoms with van der Waals surface area (Å²) in [6, 6.07) is 18.2. The summed E-state index contributed by atoms with van der Waals surface area (Å²) in [5.41, 5.74) is 7.05. The first-order chi connectivity index (χ1) is 15.9. The minimum Gasteiger partial charge on any atom is -0.503 e. The normalized spacial score (nSPS) is 11.5. The topological polar surface area (TPSA) is 139 Å². The number of thioether (sulfide) groups is 1. The van der Waals surface area contributed by atoms with E-state index in [1.165, 1.54) is 6.07 Å². The summed E-state index contributed by atoms with van der Waals surface area (Å²) in [6.07, 6.45) is 0. The number of benzene rings is 3. The molecule has 0 saturated carbocycles. The number of carboxylic acids is 1. The maximum absolute atomic E-state index is 12.9. The van der Waals surface area contributed by atoms with Crippen molar-refractivity contribution in [2.45, 2.75) is 24.2 Å². The fraction of sp³-hybridized carbons (Fsp3) is 0.167. The molecule has 3 aromatic rings. The summed E-state index contributed by atoms with van der Waals surface area (Å²) < 4.78 is 11.0. The van der Waals surface area contributed by atoms with E-state index < -0.39 is 29.5 Å². The number of aliphatic carboxylic acids is 1. The largest absolute Gasteiger partial charge is 0.503 e. The summed E-state index contributed by atoms with van der Waals surface area (Å²) in [5, 5.41) is 30.1. The number of hydrogen-bond donors (Lipinski definition) is 4. The van der Waals surface area contributed by atoms with Crippen molar-refractivity contribution in [2.24, 2.45) is 5.73 Å². The molecular formula is C24H23NO7S. The highest BCUT2D eigenvalue weighted by Gasteiger charge is 2.25. The Hall–Kier alpha value is -3.69. The van der Waals surface area contributed by atoms with Gasteiger partial charge in [0.1, 0.15) is 19.3 Å². The van der Waals surface area contributed by atoms with Crippen molar-refractivity contribution in [3.8, 4) is 17.2 Å². The molecule has 8 nitrogen and oxygen atoms in total. The van der Waals surface area contributed by atoms with E-state index in [0.717, 1.165) is 22.9 Å². The lowest BCUT2D eigenvalue weighted by Crippen LogP contribution is -2.32. The van der Waals surface area contributed by atoms with Gasteiger partial charge in [0.05, 0.1) is 10.5 Å². The van der Waals surface area contributed by atoms with Gasteiger partial charge in [-0.3, -0.25) is 4.79 Å². The van der Waals surface area contributed by atoms with Crippen LogP contribution in [0.15, 0.2) is 71.6 Å². The average Bonchev–Trinajstić information content (AvgIpc) is 2.83. The Bertz CT molecular complexity index is 1110. The second kappa shape index (κ2) is 11.3. The third-order valence-electron chi connectivity index (χ3n) is 4.59. The first kappa shape index (κ1) is 24.0. The van der Waals surface area contributed by atoms with Gasteiger partial charge in [0.25, 0.3) is 0 Å². The molecule has 0 amide bonds. The van der Waals surface area contributed by atoms with Crippen LogP contribution < -0.4 is 10.5 Å². The standard InChI is InChI=1S/C24H23NO7S/c25-18(23(28)29)14-33-22-17(24(30)32-13-16-9-5-2-6-10-16)11-19(20(26)21(22)27)31-12-15-7-3-1-4-8-15/h1-11,18,26-27H,12-14,25H2,(H,28,29)/t18-/m0/s1. The van der Waals surface area contributed by atoms with Gasteiger partial charge in [-0.15, -0.1) is 11.8 Å². The van der Waals surface area contributed by atoms with Crippen molar-refractivity contribution in [1.29, 1.82) is 0 Å². The molecule has 5 N–H and O–H groups in total. The van der Waals surface area contributed by atoms with E-state index in [-0.39, 0.29) is 35.2 Å². The molecule has 0 fully saturated rings. The van der Waals surface area contributed by atoms with Crippen molar-refractivity contribution in [3.63, 3.8) is 0 Å². The molecule has 0 heterocycles. The monoisotopic (exact) mass is 469 g/mol. The highest BCUT2D eigenvalue weighted by molar-refractivity contribution is 7.99. The molecule has 172 valence electrons. The van der Waals surface area contributed by atoms with Crippen LogP contribution in [0.4, 0.5) is 0 Å². The van der Waals surface area contributed by atoms with Gasteiger partial charge in [0.15, 0.2) is 11.5 Å². The Balaban J connectivity index is 1.88. The van der Waals surface area contributed by atoms with E-state index in [1.54, 1.807) is 24.3 Å². The molecule has 0 aromatic heterocycles. The highest BCUT2D eigenvalue weighted by atomic mass is 32.2. The van der Waals surface area contributed by atoms with Crippen LogP contribution in [-0.4, -0.2) is 39.1 Å². The fourth-order valence-corrected chi connectivity index (χ4v) is 3.83. The zero-order valence-electron chi connectivity index (χ0n) is 17.5. The SMILES string of the molecule is N[C@@H](CSc1c(C(=O)OCc2ccccc2)cc(OCc2ccccc2)c(O)c1O)C(=O)O. The summed E-state index contributed by atoms with van der Waals surface area (Å²) >= 11 is 0.825. The number of aromatic hydroxyl groups is 2. The lowest BCUT2D eigenvalue weighted by atomic mass is 10.1. The molecule has 1 atom stereocenters. The predicted molar refractivity (Wildman–Crippen MR) is 122 cm³/mol. The van der Waals surface area contributed by atoms with Gasteiger partial charge in [-0.1, -0.05) is 60.7 Å². The van der Waals surface area contributed by atoms with Crippen LogP contribution in [0.1, 0.15) is 21.5 Å². The predicted octanol–water partition coefficient (Wildman–Crippen LogP) is 3.54. The molecule has 0 aliphatic carbocycles. The van der Waals surface area contributed by atoms with Crippen molar-refractivity contribution >= 4 is 23.7 Å². The van der Waals surface area contributed by atoms with Crippen LogP contribution >= 0.6 is 11.8 Å². The molecule has 0 radical (unpaired) electrons. The van der Waals surface area contributed by atoms with Gasteiger partial charge in [0, 0.05) is 5.75 Å². The number of ether oxygens (including phenoxy) is 2. The lowest BCUT2D eigenvalue weighted by Gasteiger charge is -2.16. The molecule has 0 saturated heterocycles. The Morgan fingerprint density at radius 2 is 1.48 bits per heavy atom. The zero-order valence-corrected chi connectivity index (χ0v) is 18.3. The van der Waals surface area contributed by atoms with Gasteiger partial charge in [-0.05, 0) is 17.2 Å². The quantitative estimate of drug-likeness (QED) is 0.199. The number of rotatable bonds is 10. The van der Waals surface area contributed by atoms with Gasteiger partial charge in [-0.25, -0.2) is 4.79 Å². The first-order valence-corrected chi connectivity index (χ1v) is 10.9. The summed E-state index contributed by atoms with van der Waals surface area (Å²) in [4.78, 5) is 23.9. The maximum atomic E-state index is 12.9. The van der Waals surface area contributed by atoms with Crippen LogP contribution in [0.2, 0.25) is 0 Å². The Kier molecular flexibility index (Phi) is 8.17. The minimum atomic E-state index is -1.24. The van der Waals surface area contributed by atoms with Crippen molar-refractivity contribution in [1.82, 2.24) is 0 Å². The zero-order chi connectivity index (χ0) is 23.8. The third-order valence-corrected chi connectivity index (χ3v) is 5.81. The Morgan fingerprint density at radius 3 is 2.06 bits per heavy atom. The molecule has 3 aromatic carbocycles. The fourth-order valence-electron chi connectivity index (χ4n) is 2.81. The van der Waals surface area contributed by atoms with Crippen LogP contribution in [0.3, 0.4) is 0 Å². The smallest absolute Gasteiger partial charge is 0.339 e. The Morgan fingerprint density at radius 1 is 0.909 bits per heavy atom. The molecule has 33 heavy (non-hydrogen) atoms. The number of phenols is 2. The molecule has 0 aliphatic rings. The number of carboxylic acid groups (broad SMARTS) is 1. The molecule has 0 aliphatic heterocycles. The van der Waals surface area contributed by atoms with Crippen LogP contribution in [-0.2, 0) is 22.7 Å². The van der Waals surface area contributed by atoms with E-state index in [0.29, 0.717) is 0 Å². The summed E-state index contributed by atoms with van der Waals surface area (Å²) in [5.74, 6) is -3.46. The van der Waals surface area contributed by atoms with E-state index in [4.69, 9.17) is 20.3 Å². The number of nitrogens with two attached hydrogens (primary N) is 1. The molecule has 0 unspecified atom stereocenters. The van der Waals surface area contributed by atoms with Gasteiger partial charge in [-0.2, -0.15) is 0 Å². The minimum absolute atomic E-state index is 0.0136. The second-order valence-corrected chi connectivity index (χ2v) is 8.07. The van der Waals surface area contributed by atoms with E-state index >= 15 is 0 Å². The number of carbonyl (C=O) groups is 2. The van der Waals surface area contributed by atoms with Crippen molar-refractivity contribution in [3.05, 3.63) is 83.4 Å².